The molecule has 0 aromatic rings. The zero-order chi connectivity index (χ0) is 9.28. The number of hydrogen-bond donors (Lipinski definition) is 1. The summed E-state index contributed by atoms with van der Waals surface area (Å²) in [6.07, 6.45) is 0. The van der Waals surface area contributed by atoms with Crippen molar-refractivity contribution in [2.75, 3.05) is 0 Å². The first-order chi connectivity index (χ1) is 4.63. The molecule has 0 bridgehead atoms. The fourth-order valence-corrected chi connectivity index (χ4v) is 0.511. The molecule has 2 nitrogen and oxygen atoms in total. The minimum Gasteiger partial charge on any atom is -0.345 e. The molecule has 0 aromatic heterocycles. The molecule has 0 aliphatic heterocycles. The van der Waals surface area contributed by atoms with E-state index in [1.807, 2.05) is 15.9 Å². The lowest BCUT2D eigenvalue weighted by molar-refractivity contribution is -0.135. The van der Waals surface area contributed by atoms with Crippen molar-refractivity contribution in [3.63, 3.8) is 0 Å². The molecule has 0 saturated heterocycles. The lowest BCUT2D eigenvalue weighted by atomic mass is 10.1. The largest absolute Gasteiger partial charge is 0.377 e. The van der Waals surface area contributed by atoms with Gasteiger partial charge in [0.05, 0.1) is 0 Å². The van der Waals surface area contributed by atoms with E-state index >= 15 is 0 Å². The minimum absolute atomic E-state index is 0.631. The molecule has 66 valence electrons. The zero-order valence-electron chi connectivity index (χ0n) is 6.54. The predicted molar refractivity (Wildman–Crippen MR) is 41.8 cm³/mol. The fourth-order valence-electron chi connectivity index (χ4n) is 0.411. The van der Waals surface area contributed by atoms with Gasteiger partial charge in [-0.05, 0) is 20.8 Å². The topological polar surface area (TPSA) is 29.1 Å². The molecule has 0 unspecified atom stereocenters. The Bertz CT molecular complexity index is 159. The number of carbonyl (C=O) groups excluding carboxylic acids is 1. The first-order valence-electron chi connectivity index (χ1n) is 3.02. The van der Waals surface area contributed by atoms with Gasteiger partial charge in [-0.25, -0.2) is 0 Å². The number of rotatable bonds is 1. The standard InChI is InChI=1S/C6H10BrF2NO/c1-5(2,3)10-4(11)6(7,8)9/h1-3H3,(H,10,11). The highest BCUT2D eigenvalue weighted by Crippen LogP contribution is 2.22. The van der Waals surface area contributed by atoms with Crippen molar-refractivity contribution in [2.24, 2.45) is 0 Å². The lowest BCUT2D eigenvalue weighted by Crippen LogP contribution is -2.46. The van der Waals surface area contributed by atoms with Crippen molar-refractivity contribution in [2.45, 2.75) is 31.1 Å². The summed E-state index contributed by atoms with van der Waals surface area (Å²) in [4.78, 5) is 7.10. The van der Waals surface area contributed by atoms with Crippen LogP contribution in [0.25, 0.3) is 0 Å². The molecular formula is C6H10BrF2NO. The maximum atomic E-state index is 12.2. The van der Waals surface area contributed by atoms with Crippen molar-refractivity contribution in [1.82, 2.24) is 5.32 Å². The molecule has 1 amide bonds. The van der Waals surface area contributed by atoms with Crippen LogP contribution in [0.5, 0.6) is 0 Å². The maximum absolute atomic E-state index is 12.2. The molecule has 0 fully saturated rings. The normalized spacial score (nSPS) is 12.9. The molecular weight excluding hydrogens is 220 g/mol. The van der Waals surface area contributed by atoms with Crippen molar-refractivity contribution in [1.29, 1.82) is 0 Å². The number of nitrogens with one attached hydrogen (secondary N) is 1. The molecule has 0 radical (unpaired) electrons. The van der Waals surface area contributed by atoms with E-state index in [0.717, 1.165) is 0 Å². The first-order valence-corrected chi connectivity index (χ1v) is 3.81. The SMILES string of the molecule is CC(C)(C)NC(=O)C(F)(F)Br. The molecule has 0 aliphatic carbocycles. The van der Waals surface area contributed by atoms with Gasteiger partial charge in [0.1, 0.15) is 0 Å². The van der Waals surface area contributed by atoms with Crippen molar-refractivity contribution in [3.05, 3.63) is 0 Å². The zero-order valence-corrected chi connectivity index (χ0v) is 8.13. The number of hydrogen-bond acceptors (Lipinski definition) is 1. The van der Waals surface area contributed by atoms with E-state index in [-0.39, 0.29) is 0 Å². The van der Waals surface area contributed by atoms with Gasteiger partial charge in [0, 0.05) is 21.5 Å². The number of alkyl halides is 3. The van der Waals surface area contributed by atoms with Crippen LogP contribution in [0.3, 0.4) is 0 Å². The molecule has 0 saturated carbocycles. The summed E-state index contributed by atoms with van der Waals surface area (Å²) in [5, 5.41) is 2.12. The quantitative estimate of drug-likeness (QED) is 0.684. The Labute approximate surface area is 72.5 Å². The molecule has 0 spiro atoms. The van der Waals surface area contributed by atoms with Crippen molar-refractivity contribution in [3.8, 4) is 0 Å². The van der Waals surface area contributed by atoms with Crippen LogP contribution in [0.4, 0.5) is 8.78 Å². The molecule has 0 aromatic carbocycles. The van der Waals surface area contributed by atoms with Gasteiger partial charge in [-0.2, -0.15) is 8.78 Å². The highest BCUT2D eigenvalue weighted by Gasteiger charge is 2.36. The van der Waals surface area contributed by atoms with E-state index in [9.17, 15) is 13.6 Å². The third-order valence-corrected chi connectivity index (χ3v) is 1.11. The highest BCUT2D eigenvalue weighted by atomic mass is 79.9. The summed E-state index contributed by atoms with van der Waals surface area (Å²) in [5.74, 6) is -1.31. The Morgan fingerprint density at radius 3 is 1.82 bits per heavy atom. The van der Waals surface area contributed by atoms with Gasteiger partial charge >= 0.3 is 10.7 Å². The lowest BCUT2D eigenvalue weighted by Gasteiger charge is -2.21. The number of carbonyl (C=O) groups is 1. The average molecular weight is 230 g/mol. The Morgan fingerprint density at radius 1 is 1.36 bits per heavy atom. The van der Waals surface area contributed by atoms with E-state index in [4.69, 9.17) is 0 Å². The van der Waals surface area contributed by atoms with Crippen molar-refractivity contribution >= 4 is 21.8 Å². The Balaban J connectivity index is 4.11. The molecule has 1 N–H and O–H groups in total. The predicted octanol–water partition coefficient (Wildman–Crippen LogP) is 1.89. The molecule has 0 heterocycles. The fraction of sp³-hybridized carbons (Fsp3) is 0.833. The smallest absolute Gasteiger partial charge is 0.345 e. The summed E-state index contributed by atoms with van der Waals surface area (Å²) >= 11 is 1.95. The first kappa shape index (κ1) is 10.8. The average Bonchev–Trinajstić information content (AvgIpc) is 1.56. The number of halogens is 3. The van der Waals surface area contributed by atoms with Crippen LogP contribution in [-0.4, -0.2) is 16.3 Å². The third-order valence-electron chi connectivity index (χ3n) is 0.746. The summed E-state index contributed by atoms with van der Waals surface area (Å²) in [5.41, 5.74) is -0.631. The summed E-state index contributed by atoms with van der Waals surface area (Å²) in [7, 11) is 0. The highest BCUT2D eigenvalue weighted by molar-refractivity contribution is 9.10. The maximum Gasteiger partial charge on any atom is 0.377 e. The van der Waals surface area contributed by atoms with Gasteiger partial charge in [0.2, 0.25) is 0 Å². The second-order valence-corrected chi connectivity index (χ2v) is 4.20. The van der Waals surface area contributed by atoms with E-state index < -0.39 is 16.3 Å². The molecule has 0 atom stereocenters. The van der Waals surface area contributed by atoms with E-state index in [1.54, 1.807) is 20.8 Å². The van der Waals surface area contributed by atoms with E-state index in [0.29, 0.717) is 0 Å². The Morgan fingerprint density at radius 2 is 1.73 bits per heavy atom. The Hall–Kier alpha value is -0.190. The number of amides is 1. The molecule has 11 heavy (non-hydrogen) atoms. The Kier molecular flexibility index (Phi) is 2.99. The van der Waals surface area contributed by atoms with Gasteiger partial charge in [-0.15, -0.1) is 0 Å². The van der Waals surface area contributed by atoms with Crippen molar-refractivity contribution < 1.29 is 13.6 Å². The van der Waals surface area contributed by atoms with Gasteiger partial charge in [0.25, 0.3) is 0 Å². The van der Waals surface area contributed by atoms with Gasteiger partial charge in [-0.3, -0.25) is 4.79 Å². The van der Waals surface area contributed by atoms with Crippen LogP contribution in [0, 0.1) is 0 Å². The van der Waals surface area contributed by atoms with Crippen LogP contribution in [0.1, 0.15) is 20.8 Å². The summed E-state index contributed by atoms with van der Waals surface area (Å²) < 4.78 is 24.3. The second kappa shape index (κ2) is 3.05. The molecule has 5 heteroatoms. The van der Waals surface area contributed by atoms with Gasteiger partial charge in [-0.1, -0.05) is 0 Å². The second-order valence-electron chi connectivity index (χ2n) is 3.20. The van der Waals surface area contributed by atoms with E-state index in [2.05, 4.69) is 5.32 Å². The van der Waals surface area contributed by atoms with Crippen LogP contribution in [0.2, 0.25) is 0 Å². The van der Waals surface area contributed by atoms with E-state index in [1.165, 1.54) is 0 Å². The minimum atomic E-state index is -3.47. The third kappa shape index (κ3) is 5.12. The molecule has 0 aliphatic rings. The summed E-state index contributed by atoms with van der Waals surface area (Å²) in [6, 6.07) is 0. The van der Waals surface area contributed by atoms with Crippen LogP contribution in [-0.2, 0) is 4.79 Å². The van der Waals surface area contributed by atoms with Crippen LogP contribution in [0.15, 0.2) is 0 Å². The monoisotopic (exact) mass is 229 g/mol. The van der Waals surface area contributed by atoms with Crippen LogP contribution < -0.4 is 5.32 Å². The van der Waals surface area contributed by atoms with Gasteiger partial charge in [0.15, 0.2) is 0 Å². The summed E-state index contributed by atoms with van der Waals surface area (Å²) in [6.45, 7) is 4.89. The van der Waals surface area contributed by atoms with Gasteiger partial charge < -0.3 is 5.32 Å². The van der Waals surface area contributed by atoms with Crippen LogP contribution >= 0.6 is 15.9 Å². The molecule has 0 rings (SSSR count).